The number of rotatable bonds is 3. The molecule has 1 fully saturated rings. The number of halogens is 3. The van der Waals surface area contributed by atoms with Gasteiger partial charge in [-0.3, -0.25) is 0 Å². The zero-order chi connectivity index (χ0) is 14.1. The molecule has 106 valence electrons. The lowest BCUT2D eigenvalue weighted by Gasteiger charge is -2.26. The highest BCUT2D eigenvalue weighted by Gasteiger charge is 2.29. The van der Waals surface area contributed by atoms with Gasteiger partial charge in [-0.05, 0) is 18.9 Å². The van der Waals surface area contributed by atoms with Crippen LogP contribution in [0.4, 0.5) is 12.9 Å². The van der Waals surface area contributed by atoms with Crippen LogP contribution >= 0.6 is 0 Å². The molecule has 2 rings (SSSR count). The van der Waals surface area contributed by atoms with Crippen molar-refractivity contribution in [2.24, 2.45) is 0 Å². The van der Waals surface area contributed by atoms with Gasteiger partial charge in [0.1, 0.15) is 0 Å². The molecule has 1 aromatic rings. The summed E-state index contributed by atoms with van der Waals surface area (Å²) in [6.45, 7) is -4.43. The highest BCUT2D eigenvalue weighted by molar-refractivity contribution is 7.89. The highest BCUT2D eigenvalue weighted by Crippen LogP contribution is 2.21. The van der Waals surface area contributed by atoms with E-state index in [1.54, 1.807) is 0 Å². The third kappa shape index (κ3) is 3.12. The Morgan fingerprint density at radius 3 is 2.26 bits per heavy atom. The standard InChI is InChI=1S/C11H14BF3NO2S/c13-12(14,15)10-5-4-6-11(9-10)19(17,18)16-7-2-1-3-8-16/h4-6,9H,1-3,7-8H2/q-1. The van der Waals surface area contributed by atoms with Gasteiger partial charge in [-0.1, -0.05) is 24.6 Å². The molecule has 0 aliphatic carbocycles. The van der Waals surface area contributed by atoms with Gasteiger partial charge in [0.15, 0.2) is 0 Å². The normalized spacial score (nSPS) is 18.5. The second-order valence-corrected chi connectivity index (χ2v) is 6.55. The summed E-state index contributed by atoms with van der Waals surface area (Å²) in [6, 6.07) is 3.98. The van der Waals surface area contributed by atoms with Crippen molar-refractivity contribution in [1.82, 2.24) is 4.31 Å². The lowest BCUT2D eigenvalue weighted by molar-refractivity contribution is 0.346. The van der Waals surface area contributed by atoms with Crippen molar-refractivity contribution < 1.29 is 21.4 Å². The fourth-order valence-electron chi connectivity index (χ4n) is 2.13. The molecular weight excluding hydrogens is 278 g/mol. The van der Waals surface area contributed by atoms with Crippen LogP contribution in [0.1, 0.15) is 19.3 Å². The number of hydrogen-bond acceptors (Lipinski definition) is 2. The van der Waals surface area contributed by atoms with E-state index in [0.29, 0.717) is 13.1 Å². The van der Waals surface area contributed by atoms with Crippen LogP contribution in [0.3, 0.4) is 0 Å². The Hall–Kier alpha value is -1.02. The smallest absolute Gasteiger partial charge is 0.445 e. The van der Waals surface area contributed by atoms with Crippen molar-refractivity contribution in [2.45, 2.75) is 24.2 Å². The van der Waals surface area contributed by atoms with Crippen LogP contribution in [-0.2, 0) is 10.0 Å². The van der Waals surface area contributed by atoms with Gasteiger partial charge < -0.3 is 12.9 Å². The van der Waals surface area contributed by atoms with E-state index in [1.165, 1.54) is 10.4 Å². The number of nitrogens with zero attached hydrogens (tertiary/aromatic N) is 1. The Kier molecular flexibility index (Phi) is 3.91. The molecule has 3 nitrogen and oxygen atoms in total. The molecule has 0 radical (unpaired) electrons. The van der Waals surface area contributed by atoms with Crippen molar-refractivity contribution in [3.63, 3.8) is 0 Å². The molecule has 1 aliphatic heterocycles. The van der Waals surface area contributed by atoms with E-state index in [9.17, 15) is 21.4 Å². The molecule has 0 atom stereocenters. The maximum atomic E-state index is 12.7. The largest absolute Gasteiger partial charge is 0.509 e. The molecule has 0 amide bonds. The van der Waals surface area contributed by atoms with Gasteiger partial charge >= 0.3 is 6.98 Å². The van der Waals surface area contributed by atoms with E-state index in [1.807, 2.05) is 0 Å². The topological polar surface area (TPSA) is 37.4 Å². The minimum absolute atomic E-state index is 0.272. The van der Waals surface area contributed by atoms with Gasteiger partial charge in [0, 0.05) is 13.1 Å². The molecule has 0 aromatic heterocycles. The van der Waals surface area contributed by atoms with Crippen LogP contribution in [-0.4, -0.2) is 32.8 Å². The second-order valence-electron chi connectivity index (χ2n) is 4.61. The maximum Gasteiger partial charge on any atom is 0.509 e. The molecule has 1 saturated heterocycles. The van der Waals surface area contributed by atoms with Crippen LogP contribution in [0.2, 0.25) is 0 Å². The first-order valence-corrected chi connectivity index (χ1v) is 7.56. The van der Waals surface area contributed by atoms with Crippen LogP contribution in [0.15, 0.2) is 29.2 Å². The number of sulfonamides is 1. The highest BCUT2D eigenvalue weighted by atomic mass is 32.2. The summed E-state index contributed by atoms with van der Waals surface area (Å²) < 4.78 is 63.7. The lowest BCUT2D eigenvalue weighted by Crippen LogP contribution is -2.38. The molecule has 0 bridgehead atoms. The number of benzene rings is 1. The van der Waals surface area contributed by atoms with Gasteiger partial charge in [0.25, 0.3) is 0 Å². The summed E-state index contributed by atoms with van der Waals surface area (Å²) in [6.07, 6.45) is 2.46. The van der Waals surface area contributed by atoms with Crippen molar-refractivity contribution in [2.75, 3.05) is 13.1 Å². The molecule has 0 N–H and O–H groups in total. The van der Waals surface area contributed by atoms with E-state index in [4.69, 9.17) is 0 Å². The van der Waals surface area contributed by atoms with Gasteiger partial charge in [-0.25, -0.2) is 8.42 Å². The molecule has 1 aromatic carbocycles. The van der Waals surface area contributed by atoms with E-state index in [-0.39, 0.29) is 4.90 Å². The number of piperidine rings is 1. The van der Waals surface area contributed by atoms with Gasteiger partial charge in [0.2, 0.25) is 10.0 Å². The first kappa shape index (κ1) is 14.4. The fraction of sp³-hybridized carbons (Fsp3) is 0.455. The number of hydrogen-bond donors (Lipinski definition) is 0. The van der Waals surface area contributed by atoms with Crippen molar-refractivity contribution in [1.29, 1.82) is 0 Å². The third-order valence-electron chi connectivity index (χ3n) is 3.19. The summed E-state index contributed by atoms with van der Waals surface area (Å²) in [5.74, 6) is 0. The molecule has 1 heterocycles. The summed E-state index contributed by atoms with van der Waals surface area (Å²) in [5.41, 5.74) is -0.877. The van der Waals surface area contributed by atoms with Crippen molar-refractivity contribution in [3.05, 3.63) is 24.3 Å². The Bertz CT molecular complexity index is 553. The summed E-state index contributed by atoms with van der Waals surface area (Å²) in [5, 5.41) is 0. The Labute approximate surface area is 110 Å². The molecule has 0 saturated carbocycles. The van der Waals surface area contributed by atoms with E-state index >= 15 is 0 Å². The first-order chi connectivity index (χ1) is 8.82. The van der Waals surface area contributed by atoms with Crippen molar-refractivity contribution in [3.8, 4) is 0 Å². The zero-order valence-electron chi connectivity index (χ0n) is 10.2. The van der Waals surface area contributed by atoms with Gasteiger partial charge in [0.05, 0.1) is 4.90 Å². The van der Waals surface area contributed by atoms with Crippen LogP contribution in [0.5, 0.6) is 0 Å². The molecule has 19 heavy (non-hydrogen) atoms. The molecule has 1 aliphatic rings. The quantitative estimate of drug-likeness (QED) is 0.798. The van der Waals surface area contributed by atoms with Crippen LogP contribution in [0.25, 0.3) is 0 Å². The fourth-order valence-corrected chi connectivity index (χ4v) is 3.71. The SMILES string of the molecule is O=S(=O)(c1cccc([B-](F)(F)F)c1)N1CCCCC1. The van der Waals surface area contributed by atoms with E-state index in [0.717, 1.165) is 37.5 Å². The maximum absolute atomic E-state index is 12.7. The molecule has 0 spiro atoms. The van der Waals surface area contributed by atoms with Crippen LogP contribution in [0, 0.1) is 0 Å². The molecule has 0 unspecified atom stereocenters. The predicted molar refractivity (Wildman–Crippen MR) is 67.8 cm³/mol. The minimum atomic E-state index is -5.18. The van der Waals surface area contributed by atoms with E-state index in [2.05, 4.69) is 0 Å². The second kappa shape index (κ2) is 5.17. The Morgan fingerprint density at radius 1 is 1.05 bits per heavy atom. The minimum Gasteiger partial charge on any atom is -0.445 e. The Balaban J connectivity index is 2.35. The van der Waals surface area contributed by atoms with E-state index < -0.39 is 22.5 Å². The predicted octanol–water partition coefficient (Wildman–Crippen LogP) is 1.92. The summed E-state index contributed by atoms with van der Waals surface area (Å²) in [7, 11) is -3.80. The van der Waals surface area contributed by atoms with Crippen molar-refractivity contribution >= 4 is 22.5 Å². The molecular formula is C11H14BF3NO2S-. The zero-order valence-corrected chi connectivity index (χ0v) is 11.0. The van der Waals surface area contributed by atoms with Crippen LogP contribution < -0.4 is 5.46 Å². The average molecular weight is 292 g/mol. The summed E-state index contributed by atoms with van der Waals surface area (Å²) in [4.78, 5) is -0.272. The molecule has 8 heteroatoms. The van der Waals surface area contributed by atoms with Gasteiger partial charge in [-0.2, -0.15) is 4.31 Å². The van der Waals surface area contributed by atoms with Gasteiger partial charge in [-0.15, -0.1) is 5.46 Å². The summed E-state index contributed by atoms with van der Waals surface area (Å²) >= 11 is 0. The Morgan fingerprint density at radius 2 is 1.68 bits per heavy atom. The monoisotopic (exact) mass is 292 g/mol. The first-order valence-electron chi connectivity index (χ1n) is 6.12. The lowest BCUT2D eigenvalue weighted by atomic mass is 9.80. The third-order valence-corrected chi connectivity index (χ3v) is 5.08. The average Bonchev–Trinajstić information content (AvgIpc) is 2.39.